The standard InChI is InChI=1S/C14H24O2/c1-6-8-9-10-12(3)11-14(4,5)13(15)16-7-2/h6,10H,1,7-9,11H2,2-5H3/b12-10+. The topological polar surface area (TPSA) is 26.3 Å². The number of ether oxygens (including phenoxy) is 1. The number of hydrogen-bond acceptors (Lipinski definition) is 2. The Bertz CT molecular complexity index is 262. The lowest BCUT2D eigenvalue weighted by Crippen LogP contribution is -2.26. The second-order valence-corrected chi connectivity index (χ2v) is 4.70. The summed E-state index contributed by atoms with van der Waals surface area (Å²) in [4.78, 5) is 11.7. The van der Waals surface area contributed by atoms with Gasteiger partial charge in [0.15, 0.2) is 0 Å². The maximum absolute atomic E-state index is 11.7. The Kier molecular flexibility index (Phi) is 6.78. The largest absolute Gasteiger partial charge is 0.466 e. The summed E-state index contributed by atoms with van der Waals surface area (Å²) in [6.45, 7) is 11.9. The van der Waals surface area contributed by atoms with Crippen LogP contribution < -0.4 is 0 Å². The molecule has 0 aromatic heterocycles. The minimum atomic E-state index is -0.426. The molecule has 0 bridgehead atoms. The summed E-state index contributed by atoms with van der Waals surface area (Å²) in [6.07, 6.45) is 6.80. The van der Waals surface area contributed by atoms with Crippen LogP contribution in [-0.2, 0) is 9.53 Å². The predicted molar refractivity (Wildman–Crippen MR) is 68.2 cm³/mol. The Morgan fingerprint density at radius 1 is 1.38 bits per heavy atom. The number of carbonyl (C=O) groups excluding carboxylic acids is 1. The van der Waals surface area contributed by atoms with E-state index in [1.54, 1.807) is 0 Å². The summed E-state index contributed by atoms with van der Waals surface area (Å²) in [5, 5.41) is 0. The average molecular weight is 224 g/mol. The van der Waals surface area contributed by atoms with E-state index in [1.165, 1.54) is 5.57 Å². The SMILES string of the molecule is C=CCC/C=C(\C)CC(C)(C)C(=O)OCC. The van der Waals surface area contributed by atoms with E-state index in [0.29, 0.717) is 6.61 Å². The number of hydrogen-bond donors (Lipinski definition) is 0. The minimum Gasteiger partial charge on any atom is -0.466 e. The molecule has 0 rings (SSSR count). The van der Waals surface area contributed by atoms with Crippen molar-refractivity contribution < 1.29 is 9.53 Å². The first kappa shape index (κ1) is 14.9. The molecule has 0 saturated heterocycles. The molecule has 16 heavy (non-hydrogen) atoms. The molecule has 0 saturated carbocycles. The third-order valence-electron chi connectivity index (χ3n) is 2.41. The smallest absolute Gasteiger partial charge is 0.311 e. The quantitative estimate of drug-likeness (QED) is 0.373. The molecule has 0 aromatic rings. The summed E-state index contributed by atoms with van der Waals surface area (Å²) in [5.74, 6) is -0.119. The third kappa shape index (κ3) is 5.74. The van der Waals surface area contributed by atoms with Gasteiger partial charge in [0.2, 0.25) is 0 Å². The lowest BCUT2D eigenvalue weighted by Gasteiger charge is -2.22. The first-order chi connectivity index (χ1) is 7.44. The van der Waals surface area contributed by atoms with Gasteiger partial charge in [-0.25, -0.2) is 0 Å². The fourth-order valence-corrected chi connectivity index (χ4v) is 1.62. The fraction of sp³-hybridized carbons (Fsp3) is 0.643. The molecule has 0 radical (unpaired) electrons. The van der Waals surface area contributed by atoms with Crippen LogP contribution in [0.5, 0.6) is 0 Å². The molecule has 92 valence electrons. The van der Waals surface area contributed by atoms with Gasteiger partial charge in [-0.05, 0) is 47.0 Å². The van der Waals surface area contributed by atoms with Crippen molar-refractivity contribution in [3.05, 3.63) is 24.3 Å². The molecule has 0 unspecified atom stereocenters. The van der Waals surface area contributed by atoms with Crippen LogP contribution in [-0.4, -0.2) is 12.6 Å². The van der Waals surface area contributed by atoms with E-state index in [0.717, 1.165) is 19.3 Å². The van der Waals surface area contributed by atoms with Gasteiger partial charge in [0, 0.05) is 0 Å². The molecule has 0 aliphatic carbocycles. The van der Waals surface area contributed by atoms with Crippen molar-refractivity contribution in [1.29, 1.82) is 0 Å². The molecule has 0 N–H and O–H groups in total. The number of rotatable bonds is 7. The fourth-order valence-electron chi connectivity index (χ4n) is 1.62. The number of esters is 1. The van der Waals surface area contributed by atoms with Crippen LogP contribution in [0.1, 0.15) is 47.0 Å². The molecule has 2 heteroatoms. The van der Waals surface area contributed by atoms with Crippen LogP contribution in [0.4, 0.5) is 0 Å². The highest BCUT2D eigenvalue weighted by molar-refractivity contribution is 5.76. The minimum absolute atomic E-state index is 0.119. The van der Waals surface area contributed by atoms with Gasteiger partial charge >= 0.3 is 5.97 Å². The van der Waals surface area contributed by atoms with Gasteiger partial charge < -0.3 is 4.74 Å². The van der Waals surface area contributed by atoms with Gasteiger partial charge in [-0.2, -0.15) is 0 Å². The summed E-state index contributed by atoms with van der Waals surface area (Å²) < 4.78 is 5.05. The summed E-state index contributed by atoms with van der Waals surface area (Å²) in [7, 11) is 0. The van der Waals surface area contributed by atoms with Crippen molar-refractivity contribution in [3.8, 4) is 0 Å². The van der Waals surface area contributed by atoms with Crippen molar-refractivity contribution in [2.45, 2.75) is 47.0 Å². The van der Waals surface area contributed by atoms with Gasteiger partial charge in [-0.15, -0.1) is 6.58 Å². The van der Waals surface area contributed by atoms with Crippen molar-refractivity contribution >= 4 is 5.97 Å². The molecule has 0 heterocycles. The van der Waals surface area contributed by atoms with E-state index < -0.39 is 5.41 Å². The van der Waals surface area contributed by atoms with E-state index in [1.807, 2.05) is 26.8 Å². The first-order valence-electron chi connectivity index (χ1n) is 5.87. The summed E-state index contributed by atoms with van der Waals surface area (Å²) >= 11 is 0. The van der Waals surface area contributed by atoms with Crippen LogP contribution in [0.25, 0.3) is 0 Å². The Morgan fingerprint density at radius 3 is 2.50 bits per heavy atom. The highest BCUT2D eigenvalue weighted by Crippen LogP contribution is 2.26. The maximum Gasteiger partial charge on any atom is 0.311 e. The van der Waals surface area contributed by atoms with Crippen molar-refractivity contribution in [2.24, 2.45) is 5.41 Å². The molecule has 0 aliphatic rings. The normalized spacial score (nSPS) is 12.4. The Balaban J connectivity index is 4.28. The average Bonchev–Trinajstić information content (AvgIpc) is 2.17. The Labute approximate surface area is 99.4 Å². The lowest BCUT2D eigenvalue weighted by molar-refractivity contribution is -0.153. The van der Waals surface area contributed by atoms with Crippen molar-refractivity contribution in [1.82, 2.24) is 0 Å². The molecule has 0 spiro atoms. The van der Waals surface area contributed by atoms with Crippen molar-refractivity contribution in [3.63, 3.8) is 0 Å². The molecule has 2 nitrogen and oxygen atoms in total. The second kappa shape index (κ2) is 7.26. The molecular formula is C14H24O2. The monoisotopic (exact) mass is 224 g/mol. The Hall–Kier alpha value is -1.05. The van der Waals surface area contributed by atoms with E-state index in [-0.39, 0.29) is 5.97 Å². The summed E-state index contributed by atoms with van der Waals surface area (Å²) in [6, 6.07) is 0. The van der Waals surface area contributed by atoms with E-state index in [2.05, 4.69) is 19.6 Å². The molecular weight excluding hydrogens is 200 g/mol. The van der Waals surface area contributed by atoms with Gasteiger partial charge in [0.1, 0.15) is 0 Å². The number of unbranched alkanes of at least 4 members (excludes halogenated alkanes) is 1. The molecule has 0 amide bonds. The molecule has 0 aromatic carbocycles. The molecule has 0 fully saturated rings. The second-order valence-electron chi connectivity index (χ2n) is 4.70. The van der Waals surface area contributed by atoms with E-state index >= 15 is 0 Å². The van der Waals surface area contributed by atoms with E-state index in [4.69, 9.17) is 4.74 Å². The molecule has 0 aliphatic heterocycles. The van der Waals surface area contributed by atoms with Gasteiger partial charge in [-0.3, -0.25) is 4.79 Å². The van der Waals surface area contributed by atoms with Crippen LogP contribution >= 0.6 is 0 Å². The van der Waals surface area contributed by atoms with Crippen LogP contribution in [0, 0.1) is 5.41 Å². The predicted octanol–water partition coefficient (Wildman–Crippen LogP) is 3.88. The van der Waals surface area contributed by atoms with Gasteiger partial charge in [-0.1, -0.05) is 17.7 Å². The van der Waals surface area contributed by atoms with E-state index in [9.17, 15) is 4.79 Å². The van der Waals surface area contributed by atoms with Crippen LogP contribution in [0.15, 0.2) is 24.3 Å². The Morgan fingerprint density at radius 2 is 2.00 bits per heavy atom. The van der Waals surface area contributed by atoms with Crippen LogP contribution in [0.3, 0.4) is 0 Å². The van der Waals surface area contributed by atoms with Gasteiger partial charge in [0.25, 0.3) is 0 Å². The zero-order chi connectivity index (χ0) is 12.6. The number of carbonyl (C=O) groups is 1. The lowest BCUT2D eigenvalue weighted by atomic mass is 9.86. The van der Waals surface area contributed by atoms with Crippen molar-refractivity contribution in [2.75, 3.05) is 6.61 Å². The maximum atomic E-state index is 11.7. The van der Waals surface area contributed by atoms with Gasteiger partial charge in [0.05, 0.1) is 12.0 Å². The summed E-state index contributed by atoms with van der Waals surface area (Å²) in [5.41, 5.74) is 0.810. The highest BCUT2D eigenvalue weighted by Gasteiger charge is 2.29. The highest BCUT2D eigenvalue weighted by atomic mass is 16.5. The zero-order valence-corrected chi connectivity index (χ0v) is 11.0. The molecule has 0 atom stereocenters. The number of allylic oxidation sites excluding steroid dienone is 3. The van der Waals surface area contributed by atoms with Crippen LogP contribution in [0.2, 0.25) is 0 Å². The first-order valence-corrected chi connectivity index (χ1v) is 5.87. The zero-order valence-electron chi connectivity index (χ0n) is 11.0. The third-order valence-corrected chi connectivity index (χ3v) is 2.41.